The lowest BCUT2D eigenvalue weighted by Crippen LogP contribution is -2.29. The monoisotopic (exact) mass is 349 g/mol. The summed E-state index contributed by atoms with van der Waals surface area (Å²) in [5.74, 6) is -1.55. The summed E-state index contributed by atoms with van der Waals surface area (Å²) < 4.78 is 33.5. The minimum Gasteiger partial charge on any atom is -0.454 e. The topological polar surface area (TPSA) is 76.4 Å². The second-order valence-corrected chi connectivity index (χ2v) is 5.52. The number of nitrogens with one attached hydrogen (secondary N) is 2. The van der Waals surface area contributed by atoms with E-state index in [0.717, 1.165) is 31.4 Å². The molecule has 2 amide bonds. The van der Waals surface area contributed by atoms with Gasteiger partial charge in [0, 0.05) is 24.4 Å². The van der Waals surface area contributed by atoms with E-state index >= 15 is 0 Å². The number of halogens is 2. The Bertz CT molecular complexity index is 721. The van der Waals surface area contributed by atoms with Crippen LogP contribution in [0.2, 0.25) is 0 Å². The maximum absolute atomic E-state index is 14.1. The summed E-state index contributed by atoms with van der Waals surface area (Å²) in [7, 11) is 0. The van der Waals surface area contributed by atoms with Gasteiger partial charge in [0.05, 0.1) is 5.69 Å². The third-order valence-corrected chi connectivity index (χ3v) is 3.44. The van der Waals surface area contributed by atoms with E-state index in [2.05, 4.69) is 10.6 Å². The van der Waals surface area contributed by atoms with Crippen molar-refractivity contribution < 1.29 is 18.3 Å². The summed E-state index contributed by atoms with van der Waals surface area (Å²) >= 11 is 0. The van der Waals surface area contributed by atoms with Crippen molar-refractivity contribution in [3.63, 3.8) is 0 Å². The molecule has 0 spiro atoms. The molecule has 0 unspecified atom stereocenters. The molecule has 134 valence electrons. The standard InChI is InChI=1S/C18H21F2N3O2/c1-2-3-4-9-22-18(24)23-16-10-15(20)17(11-14(16)19)25-13-7-5-12(21)6-8-13/h5-8,10-11H,2-4,9,21H2,1H3,(H2,22,23,24). The van der Waals surface area contributed by atoms with E-state index < -0.39 is 17.7 Å². The number of hydrogen-bond donors (Lipinski definition) is 3. The van der Waals surface area contributed by atoms with Crippen LogP contribution in [0.5, 0.6) is 11.5 Å². The number of carbonyl (C=O) groups is 1. The molecule has 0 radical (unpaired) electrons. The molecule has 0 aromatic heterocycles. The average Bonchev–Trinajstić information content (AvgIpc) is 2.58. The van der Waals surface area contributed by atoms with E-state index in [1.165, 1.54) is 0 Å². The van der Waals surface area contributed by atoms with Crippen LogP contribution in [-0.2, 0) is 0 Å². The summed E-state index contributed by atoms with van der Waals surface area (Å²) in [5, 5.41) is 4.88. The van der Waals surface area contributed by atoms with Gasteiger partial charge >= 0.3 is 6.03 Å². The first-order valence-corrected chi connectivity index (χ1v) is 8.07. The molecule has 0 atom stereocenters. The van der Waals surface area contributed by atoms with Gasteiger partial charge in [-0.1, -0.05) is 19.8 Å². The zero-order valence-electron chi connectivity index (χ0n) is 13.9. The number of ether oxygens (including phenoxy) is 1. The minimum absolute atomic E-state index is 0.254. The number of benzene rings is 2. The molecule has 2 aromatic rings. The van der Waals surface area contributed by atoms with Crippen LogP contribution in [0.25, 0.3) is 0 Å². The Morgan fingerprint density at radius 3 is 2.52 bits per heavy atom. The Labute approximate surface area is 145 Å². The lowest BCUT2D eigenvalue weighted by atomic mass is 10.2. The summed E-state index contributed by atoms with van der Waals surface area (Å²) in [4.78, 5) is 11.7. The molecule has 2 rings (SSSR count). The molecule has 0 aliphatic rings. The minimum atomic E-state index is -0.796. The normalized spacial score (nSPS) is 10.4. The van der Waals surface area contributed by atoms with Crippen molar-refractivity contribution in [1.82, 2.24) is 5.32 Å². The van der Waals surface area contributed by atoms with Gasteiger partial charge in [0.1, 0.15) is 5.75 Å². The molecule has 5 nitrogen and oxygen atoms in total. The van der Waals surface area contributed by atoms with Crippen molar-refractivity contribution in [1.29, 1.82) is 0 Å². The molecule has 0 heterocycles. The highest BCUT2D eigenvalue weighted by Crippen LogP contribution is 2.29. The lowest BCUT2D eigenvalue weighted by Gasteiger charge is -2.11. The van der Waals surface area contributed by atoms with Crippen molar-refractivity contribution in [2.24, 2.45) is 0 Å². The fraction of sp³-hybridized carbons (Fsp3) is 0.278. The fourth-order valence-corrected chi connectivity index (χ4v) is 2.11. The van der Waals surface area contributed by atoms with Crippen LogP contribution < -0.4 is 21.1 Å². The molecule has 0 aliphatic carbocycles. The van der Waals surface area contributed by atoms with Crippen LogP contribution >= 0.6 is 0 Å². The number of rotatable bonds is 7. The fourth-order valence-electron chi connectivity index (χ4n) is 2.11. The highest BCUT2D eigenvalue weighted by atomic mass is 19.1. The van der Waals surface area contributed by atoms with Gasteiger partial charge in [-0.2, -0.15) is 0 Å². The quantitative estimate of drug-likeness (QED) is 0.503. The number of unbranched alkanes of at least 4 members (excludes halogenated alkanes) is 2. The SMILES string of the molecule is CCCCCNC(=O)Nc1cc(F)c(Oc2ccc(N)cc2)cc1F. The Balaban J connectivity index is 2.01. The zero-order chi connectivity index (χ0) is 18.2. The maximum atomic E-state index is 14.1. The molecule has 4 N–H and O–H groups in total. The average molecular weight is 349 g/mol. The summed E-state index contributed by atoms with van der Waals surface area (Å²) in [6, 6.07) is 7.45. The number of nitrogen functional groups attached to an aromatic ring is 1. The van der Waals surface area contributed by atoms with Crippen LogP contribution in [0.4, 0.5) is 25.0 Å². The molecule has 0 saturated carbocycles. The van der Waals surface area contributed by atoms with Gasteiger partial charge in [0.15, 0.2) is 17.4 Å². The molecular formula is C18H21F2N3O2. The molecule has 0 saturated heterocycles. The van der Waals surface area contributed by atoms with E-state index in [1.807, 2.05) is 6.92 Å². The van der Waals surface area contributed by atoms with Crippen molar-refractivity contribution in [2.75, 3.05) is 17.6 Å². The molecule has 2 aromatic carbocycles. The number of carbonyl (C=O) groups excluding carboxylic acids is 1. The van der Waals surface area contributed by atoms with Gasteiger partial charge in [-0.05, 0) is 30.7 Å². The highest BCUT2D eigenvalue weighted by molar-refractivity contribution is 5.89. The molecule has 0 bridgehead atoms. The van der Waals surface area contributed by atoms with Crippen molar-refractivity contribution in [3.05, 3.63) is 48.0 Å². The van der Waals surface area contributed by atoms with Crippen LogP contribution in [0.1, 0.15) is 26.2 Å². The number of hydrogen-bond acceptors (Lipinski definition) is 3. The third kappa shape index (κ3) is 5.63. The molecule has 0 aliphatic heterocycles. The van der Waals surface area contributed by atoms with E-state index in [1.54, 1.807) is 24.3 Å². The molecule has 0 fully saturated rings. The smallest absolute Gasteiger partial charge is 0.319 e. The zero-order valence-corrected chi connectivity index (χ0v) is 13.9. The van der Waals surface area contributed by atoms with Gasteiger partial charge in [-0.15, -0.1) is 0 Å². The van der Waals surface area contributed by atoms with Crippen LogP contribution in [0.15, 0.2) is 36.4 Å². The summed E-state index contributed by atoms with van der Waals surface area (Å²) in [6.07, 6.45) is 2.84. The first kappa shape index (κ1) is 18.5. The second kappa shape index (κ2) is 8.86. The van der Waals surface area contributed by atoms with Gasteiger partial charge in [-0.25, -0.2) is 13.6 Å². The summed E-state index contributed by atoms with van der Waals surface area (Å²) in [6.45, 7) is 2.52. The number of nitrogens with two attached hydrogens (primary N) is 1. The molecule has 25 heavy (non-hydrogen) atoms. The van der Waals surface area contributed by atoms with Crippen molar-refractivity contribution in [2.45, 2.75) is 26.2 Å². The van der Waals surface area contributed by atoms with Crippen LogP contribution in [0, 0.1) is 11.6 Å². The number of urea groups is 1. The Morgan fingerprint density at radius 2 is 1.84 bits per heavy atom. The predicted molar refractivity (Wildman–Crippen MR) is 93.8 cm³/mol. The third-order valence-electron chi connectivity index (χ3n) is 3.44. The van der Waals surface area contributed by atoms with E-state index in [4.69, 9.17) is 10.5 Å². The Kier molecular flexibility index (Phi) is 6.56. The van der Waals surface area contributed by atoms with Gasteiger partial charge in [0.2, 0.25) is 0 Å². The summed E-state index contributed by atoms with van der Waals surface area (Å²) in [5.41, 5.74) is 5.83. The Hall–Kier alpha value is -2.83. The van der Waals surface area contributed by atoms with E-state index in [-0.39, 0.29) is 11.4 Å². The van der Waals surface area contributed by atoms with Crippen molar-refractivity contribution >= 4 is 17.4 Å². The lowest BCUT2D eigenvalue weighted by molar-refractivity contribution is 0.251. The maximum Gasteiger partial charge on any atom is 0.319 e. The van der Waals surface area contributed by atoms with E-state index in [0.29, 0.717) is 18.0 Å². The molecular weight excluding hydrogens is 328 g/mol. The second-order valence-electron chi connectivity index (χ2n) is 5.52. The van der Waals surface area contributed by atoms with Crippen LogP contribution in [0.3, 0.4) is 0 Å². The van der Waals surface area contributed by atoms with Crippen molar-refractivity contribution in [3.8, 4) is 11.5 Å². The van der Waals surface area contributed by atoms with Crippen LogP contribution in [-0.4, -0.2) is 12.6 Å². The van der Waals surface area contributed by atoms with Gasteiger partial charge < -0.3 is 21.1 Å². The number of anilines is 2. The van der Waals surface area contributed by atoms with E-state index in [9.17, 15) is 13.6 Å². The largest absolute Gasteiger partial charge is 0.454 e. The number of amides is 2. The highest BCUT2D eigenvalue weighted by Gasteiger charge is 2.14. The first-order chi connectivity index (χ1) is 12.0. The molecule has 7 heteroatoms. The van der Waals surface area contributed by atoms with Gasteiger partial charge in [0.25, 0.3) is 0 Å². The predicted octanol–water partition coefficient (Wildman–Crippen LogP) is 4.65. The van der Waals surface area contributed by atoms with Gasteiger partial charge in [-0.3, -0.25) is 0 Å². The first-order valence-electron chi connectivity index (χ1n) is 8.07. The Morgan fingerprint density at radius 1 is 1.12 bits per heavy atom.